The predicted molar refractivity (Wildman–Crippen MR) is 102 cm³/mol. The number of carbonyl (C=O) groups excluding carboxylic acids is 2. The first-order valence-electron chi connectivity index (χ1n) is 9.15. The van der Waals surface area contributed by atoms with Gasteiger partial charge >= 0.3 is 0 Å². The third-order valence-electron chi connectivity index (χ3n) is 4.32. The lowest BCUT2D eigenvalue weighted by molar-refractivity contribution is -0.123. The van der Waals surface area contributed by atoms with Gasteiger partial charge in [-0.05, 0) is 26.0 Å². The number of hydrogen-bond donors (Lipinski definition) is 2. The number of piperazine rings is 1. The number of carbonyl (C=O) groups is 2. The van der Waals surface area contributed by atoms with Crippen LogP contribution in [0.1, 0.15) is 20.3 Å². The molecule has 1 aromatic rings. The molecule has 0 saturated carbocycles. The van der Waals surface area contributed by atoms with Crippen LogP contribution in [-0.4, -0.2) is 74.0 Å². The van der Waals surface area contributed by atoms with Crippen LogP contribution in [0.2, 0.25) is 0 Å². The van der Waals surface area contributed by atoms with E-state index in [0.29, 0.717) is 30.9 Å². The second-order valence-electron chi connectivity index (χ2n) is 6.84. The van der Waals surface area contributed by atoms with Crippen molar-refractivity contribution < 1.29 is 14.3 Å². The Balaban J connectivity index is 1.68. The molecule has 0 aliphatic carbocycles. The predicted octanol–water partition coefficient (Wildman–Crippen LogP) is 1.17. The Hall–Kier alpha value is -2.12. The number of ether oxygens (including phenoxy) is 1. The molecule has 1 heterocycles. The van der Waals surface area contributed by atoms with Crippen molar-refractivity contribution in [1.29, 1.82) is 0 Å². The summed E-state index contributed by atoms with van der Waals surface area (Å²) < 4.78 is 5.24. The Morgan fingerprint density at radius 2 is 1.73 bits per heavy atom. The molecule has 0 atom stereocenters. The number of para-hydroxylation sites is 2. The van der Waals surface area contributed by atoms with Crippen molar-refractivity contribution in [2.75, 3.05) is 51.7 Å². The highest BCUT2D eigenvalue weighted by atomic mass is 16.5. The van der Waals surface area contributed by atoms with E-state index in [4.69, 9.17) is 4.74 Å². The smallest absolute Gasteiger partial charge is 0.234 e. The molecular formula is C19H30N4O3. The molecule has 1 fully saturated rings. The van der Waals surface area contributed by atoms with Crippen molar-refractivity contribution in [1.82, 2.24) is 15.1 Å². The molecule has 26 heavy (non-hydrogen) atoms. The summed E-state index contributed by atoms with van der Waals surface area (Å²) in [4.78, 5) is 28.4. The Bertz CT molecular complexity index is 598. The zero-order valence-electron chi connectivity index (χ0n) is 16.0. The average Bonchev–Trinajstić information content (AvgIpc) is 2.61. The maximum absolute atomic E-state index is 12.2. The maximum Gasteiger partial charge on any atom is 0.234 e. The largest absolute Gasteiger partial charge is 0.495 e. The third-order valence-corrected chi connectivity index (χ3v) is 4.32. The Kier molecular flexibility index (Phi) is 7.87. The van der Waals surface area contributed by atoms with Gasteiger partial charge in [-0.1, -0.05) is 12.1 Å². The first-order valence-corrected chi connectivity index (χ1v) is 9.15. The molecule has 1 aromatic carbocycles. The lowest BCUT2D eigenvalue weighted by Gasteiger charge is -2.34. The summed E-state index contributed by atoms with van der Waals surface area (Å²) in [5.41, 5.74) is 0.695. The molecule has 0 radical (unpaired) electrons. The van der Waals surface area contributed by atoms with Crippen molar-refractivity contribution >= 4 is 17.5 Å². The van der Waals surface area contributed by atoms with E-state index >= 15 is 0 Å². The van der Waals surface area contributed by atoms with Gasteiger partial charge in [0.05, 0.1) is 19.3 Å². The molecule has 1 aliphatic rings. The second-order valence-corrected chi connectivity index (χ2v) is 6.84. The van der Waals surface area contributed by atoms with Gasteiger partial charge in [0.1, 0.15) is 5.75 Å². The Labute approximate surface area is 155 Å². The molecule has 2 rings (SSSR count). The number of amides is 2. The fraction of sp³-hybridized carbons (Fsp3) is 0.579. The standard InChI is InChI=1S/C19H30N4O3/c1-15(2)20-19(25)14-23-12-10-22(11-13-23)9-8-18(24)21-16-6-4-5-7-17(16)26-3/h4-7,15H,8-14H2,1-3H3,(H,20,25)(H,21,24). The van der Waals surface area contributed by atoms with Crippen LogP contribution in [0.15, 0.2) is 24.3 Å². The minimum Gasteiger partial charge on any atom is -0.495 e. The lowest BCUT2D eigenvalue weighted by Crippen LogP contribution is -2.50. The molecule has 2 N–H and O–H groups in total. The zero-order chi connectivity index (χ0) is 18.9. The number of rotatable bonds is 8. The van der Waals surface area contributed by atoms with Crippen LogP contribution in [0.3, 0.4) is 0 Å². The van der Waals surface area contributed by atoms with Gasteiger partial charge in [-0.25, -0.2) is 0 Å². The Morgan fingerprint density at radius 3 is 2.38 bits per heavy atom. The molecule has 2 amide bonds. The van der Waals surface area contributed by atoms with Gasteiger partial charge in [0.25, 0.3) is 0 Å². The van der Waals surface area contributed by atoms with E-state index in [2.05, 4.69) is 20.4 Å². The number of nitrogens with zero attached hydrogens (tertiary/aromatic N) is 2. The minimum absolute atomic E-state index is 0.0201. The molecule has 0 bridgehead atoms. The highest BCUT2D eigenvalue weighted by molar-refractivity contribution is 5.92. The number of benzene rings is 1. The van der Waals surface area contributed by atoms with Gasteiger partial charge in [0.2, 0.25) is 11.8 Å². The van der Waals surface area contributed by atoms with Gasteiger partial charge in [-0.3, -0.25) is 14.5 Å². The monoisotopic (exact) mass is 362 g/mol. The average molecular weight is 362 g/mol. The summed E-state index contributed by atoms with van der Waals surface area (Å²) in [5.74, 6) is 0.715. The molecule has 0 aromatic heterocycles. The SMILES string of the molecule is COc1ccccc1NC(=O)CCN1CCN(CC(=O)NC(C)C)CC1. The second kappa shape index (κ2) is 10.1. The summed E-state index contributed by atoms with van der Waals surface area (Å²) >= 11 is 0. The molecule has 7 heteroatoms. The van der Waals surface area contributed by atoms with E-state index in [1.165, 1.54) is 0 Å². The quantitative estimate of drug-likeness (QED) is 0.726. The molecular weight excluding hydrogens is 332 g/mol. The van der Waals surface area contributed by atoms with Crippen LogP contribution < -0.4 is 15.4 Å². The van der Waals surface area contributed by atoms with Gasteiger partial charge in [-0.15, -0.1) is 0 Å². The van der Waals surface area contributed by atoms with Crippen molar-refractivity contribution in [2.45, 2.75) is 26.3 Å². The van der Waals surface area contributed by atoms with Crippen molar-refractivity contribution in [3.8, 4) is 5.75 Å². The van der Waals surface area contributed by atoms with Crippen molar-refractivity contribution in [2.24, 2.45) is 0 Å². The van der Waals surface area contributed by atoms with Gasteiger partial charge in [0.15, 0.2) is 0 Å². The summed E-state index contributed by atoms with van der Waals surface area (Å²) in [6.45, 7) is 8.53. The highest BCUT2D eigenvalue weighted by Crippen LogP contribution is 2.23. The first-order chi connectivity index (χ1) is 12.5. The molecule has 1 saturated heterocycles. The normalized spacial score (nSPS) is 15.7. The van der Waals surface area contributed by atoms with E-state index in [-0.39, 0.29) is 17.9 Å². The minimum atomic E-state index is -0.0201. The van der Waals surface area contributed by atoms with E-state index in [0.717, 1.165) is 26.2 Å². The Morgan fingerprint density at radius 1 is 1.08 bits per heavy atom. The lowest BCUT2D eigenvalue weighted by atomic mass is 10.2. The van der Waals surface area contributed by atoms with Crippen LogP contribution in [0.4, 0.5) is 5.69 Å². The number of anilines is 1. The highest BCUT2D eigenvalue weighted by Gasteiger charge is 2.19. The van der Waals surface area contributed by atoms with Gasteiger partial charge in [-0.2, -0.15) is 0 Å². The van der Waals surface area contributed by atoms with Crippen LogP contribution in [-0.2, 0) is 9.59 Å². The first kappa shape index (κ1) is 20.2. The fourth-order valence-electron chi connectivity index (χ4n) is 2.96. The molecule has 1 aliphatic heterocycles. The van der Waals surface area contributed by atoms with Crippen LogP contribution in [0.5, 0.6) is 5.75 Å². The molecule has 0 spiro atoms. The summed E-state index contributed by atoms with van der Waals surface area (Å²) in [5, 5.41) is 5.82. The van der Waals surface area contributed by atoms with Gasteiger partial charge < -0.3 is 20.3 Å². The van der Waals surface area contributed by atoms with E-state index in [1.54, 1.807) is 7.11 Å². The van der Waals surface area contributed by atoms with Crippen molar-refractivity contribution in [3.63, 3.8) is 0 Å². The van der Waals surface area contributed by atoms with E-state index in [1.807, 2.05) is 38.1 Å². The summed E-state index contributed by atoms with van der Waals surface area (Å²) in [6.07, 6.45) is 0.436. The van der Waals surface area contributed by atoms with Crippen molar-refractivity contribution in [3.05, 3.63) is 24.3 Å². The number of hydrogen-bond acceptors (Lipinski definition) is 5. The van der Waals surface area contributed by atoms with E-state index < -0.39 is 0 Å². The number of methoxy groups -OCH3 is 1. The fourth-order valence-corrected chi connectivity index (χ4v) is 2.96. The molecule has 144 valence electrons. The number of nitrogens with one attached hydrogen (secondary N) is 2. The molecule has 0 unspecified atom stereocenters. The zero-order valence-corrected chi connectivity index (χ0v) is 16.0. The van der Waals surface area contributed by atoms with Crippen LogP contribution >= 0.6 is 0 Å². The third kappa shape index (κ3) is 6.65. The van der Waals surface area contributed by atoms with Gasteiger partial charge in [0, 0.05) is 45.2 Å². The molecule has 7 nitrogen and oxygen atoms in total. The van der Waals surface area contributed by atoms with Crippen LogP contribution in [0, 0.1) is 0 Å². The van der Waals surface area contributed by atoms with E-state index in [9.17, 15) is 9.59 Å². The summed E-state index contributed by atoms with van der Waals surface area (Å²) in [6, 6.07) is 7.56. The van der Waals surface area contributed by atoms with Crippen LogP contribution in [0.25, 0.3) is 0 Å². The topological polar surface area (TPSA) is 73.9 Å². The summed E-state index contributed by atoms with van der Waals surface area (Å²) in [7, 11) is 1.59. The maximum atomic E-state index is 12.2.